The maximum Gasteiger partial charge on any atom is 0.309 e. The summed E-state index contributed by atoms with van der Waals surface area (Å²) in [6.45, 7) is 0.199. The Morgan fingerprint density at radius 1 is 1.31 bits per heavy atom. The summed E-state index contributed by atoms with van der Waals surface area (Å²) >= 11 is 6.19. The van der Waals surface area contributed by atoms with Gasteiger partial charge in [-0.15, -0.1) is 0 Å². The van der Waals surface area contributed by atoms with Gasteiger partial charge in [0, 0.05) is 18.0 Å². The number of likely N-dealkylation sites (tertiary alicyclic amines) is 1. The molecule has 1 aliphatic heterocycles. The first-order chi connectivity index (χ1) is 12.4. The van der Waals surface area contributed by atoms with Crippen LogP contribution in [0.1, 0.15) is 23.6 Å². The van der Waals surface area contributed by atoms with Crippen LogP contribution in [0.5, 0.6) is 5.75 Å². The molecule has 1 amide bonds. The van der Waals surface area contributed by atoms with E-state index in [1.165, 1.54) is 23.1 Å². The molecule has 1 aliphatic rings. The van der Waals surface area contributed by atoms with E-state index in [4.69, 9.17) is 16.3 Å². The van der Waals surface area contributed by atoms with Gasteiger partial charge in [-0.1, -0.05) is 23.7 Å². The molecule has 26 heavy (non-hydrogen) atoms. The number of carboxylic acid groups (broad SMARTS) is 1. The number of aliphatic carboxylic acids is 1. The molecule has 0 radical (unpaired) electrons. The van der Waals surface area contributed by atoms with E-state index < -0.39 is 23.7 Å². The monoisotopic (exact) mass is 377 g/mol. The van der Waals surface area contributed by atoms with Gasteiger partial charge in [-0.25, -0.2) is 4.39 Å². The molecule has 0 saturated carbocycles. The zero-order chi connectivity index (χ0) is 18.8. The molecule has 2 atom stereocenters. The van der Waals surface area contributed by atoms with Crippen LogP contribution in [0.2, 0.25) is 5.02 Å². The molecule has 0 spiro atoms. The van der Waals surface area contributed by atoms with E-state index in [2.05, 4.69) is 0 Å². The molecule has 0 bridgehead atoms. The summed E-state index contributed by atoms with van der Waals surface area (Å²) in [5.74, 6) is -2.26. The highest BCUT2D eigenvalue weighted by molar-refractivity contribution is 6.31. The Balaban J connectivity index is 1.98. The largest absolute Gasteiger partial charge is 0.497 e. The third kappa shape index (κ3) is 3.51. The van der Waals surface area contributed by atoms with Crippen LogP contribution in [-0.2, 0) is 16.1 Å². The van der Waals surface area contributed by atoms with E-state index in [9.17, 15) is 19.1 Å². The lowest BCUT2D eigenvalue weighted by molar-refractivity contribution is -0.142. The smallest absolute Gasteiger partial charge is 0.309 e. The third-order valence-corrected chi connectivity index (χ3v) is 4.88. The lowest BCUT2D eigenvalue weighted by Gasteiger charge is -2.28. The van der Waals surface area contributed by atoms with Gasteiger partial charge >= 0.3 is 5.97 Å². The fourth-order valence-corrected chi connectivity index (χ4v) is 3.48. The summed E-state index contributed by atoms with van der Waals surface area (Å²) in [6, 6.07) is 10.1. The van der Waals surface area contributed by atoms with Crippen molar-refractivity contribution in [3.8, 4) is 5.75 Å². The Morgan fingerprint density at radius 2 is 2.00 bits per heavy atom. The summed E-state index contributed by atoms with van der Waals surface area (Å²) in [4.78, 5) is 25.6. The Bertz CT molecular complexity index is 840. The SMILES string of the molecule is COc1ccc(CN2C(=O)CC(C(=O)O)C2c2cc(F)ccc2Cl)cc1. The zero-order valence-electron chi connectivity index (χ0n) is 14.0. The quantitative estimate of drug-likeness (QED) is 0.863. The average molecular weight is 378 g/mol. The first-order valence-electron chi connectivity index (χ1n) is 8.01. The van der Waals surface area contributed by atoms with Crippen molar-refractivity contribution in [2.75, 3.05) is 7.11 Å². The number of hydrogen-bond donors (Lipinski definition) is 1. The van der Waals surface area contributed by atoms with Gasteiger partial charge < -0.3 is 14.7 Å². The number of amides is 1. The highest BCUT2D eigenvalue weighted by Crippen LogP contribution is 2.42. The first kappa shape index (κ1) is 18.2. The van der Waals surface area contributed by atoms with E-state index >= 15 is 0 Å². The Hall–Kier alpha value is -2.60. The lowest BCUT2D eigenvalue weighted by Crippen LogP contribution is -2.30. The maximum atomic E-state index is 13.7. The molecule has 1 fully saturated rings. The van der Waals surface area contributed by atoms with Crippen molar-refractivity contribution in [1.82, 2.24) is 4.90 Å². The summed E-state index contributed by atoms with van der Waals surface area (Å²) in [5.41, 5.74) is 1.11. The van der Waals surface area contributed by atoms with Crippen LogP contribution in [0.4, 0.5) is 4.39 Å². The van der Waals surface area contributed by atoms with Crippen molar-refractivity contribution in [2.24, 2.45) is 5.92 Å². The Morgan fingerprint density at radius 3 is 2.62 bits per heavy atom. The second-order valence-corrected chi connectivity index (χ2v) is 6.54. The van der Waals surface area contributed by atoms with Gasteiger partial charge in [0.15, 0.2) is 0 Å². The van der Waals surface area contributed by atoms with Gasteiger partial charge in [0.05, 0.1) is 19.1 Å². The fourth-order valence-electron chi connectivity index (χ4n) is 3.25. The van der Waals surface area contributed by atoms with Crippen LogP contribution < -0.4 is 4.74 Å². The fraction of sp³-hybridized carbons (Fsp3) is 0.263. The number of ether oxygens (including phenoxy) is 1. The minimum atomic E-state index is -1.11. The molecule has 2 aromatic carbocycles. The highest BCUT2D eigenvalue weighted by Gasteiger charge is 2.45. The predicted octanol–water partition coefficient (Wildman–Crippen LogP) is 3.66. The van der Waals surface area contributed by atoms with Gasteiger partial charge in [0.2, 0.25) is 5.91 Å². The van der Waals surface area contributed by atoms with Crippen molar-refractivity contribution in [2.45, 2.75) is 19.0 Å². The van der Waals surface area contributed by atoms with Crippen LogP contribution >= 0.6 is 11.6 Å². The second-order valence-electron chi connectivity index (χ2n) is 6.13. The van der Waals surface area contributed by atoms with Crippen LogP contribution in [0.15, 0.2) is 42.5 Å². The zero-order valence-corrected chi connectivity index (χ0v) is 14.7. The number of carboxylic acids is 1. The normalized spacial score (nSPS) is 19.7. The Labute approximate surface area is 154 Å². The van der Waals surface area contributed by atoms with Crippen molar-refractivity contribution >= 4 is 23.5 Å². The summed E-state index contributed by atoms with van der Waals surface area (Å²) in [6.07, 6.45) is -0.150. The number of halogens is 2. The minimum absolute atomic E-state index is 0.150. The number of methoxy groups -OCH3 is 1. The highest BCUT2D eigenvalue weighted by atomic mass is 35.5. The topological polar surface area (TPSA) is 66.8 Å². The molecule has 7 heteroatoms. The van der Waals surface area contributed by atoms with Gasteiger partial charge in [-0.3, -0.25) is 9.59 Å². The summed E-state index contributed by atoms with van der Waals surface area (Å²) in [5, 5.41) is 9.78. The molecule has 0 aliphatic carbocycles. The van der Waals surface area contributed by atoms with Crippen molar-refractivity contribution < 1.29 is 23.8 Å². The number of rotatable bonds is 5. The number of carbonyl (C=O) groups excluding carboxylic acids is 1. The molecule has 1 N–H and O–H groups in total. The molecule has 1 saturated heterocycles. The van der Waals surface area contributed by atoms with E-state index in [0.29, 0.717) is 11.3 Å². The summed E-state index contributed by atoms with van der Waals surface area (Å²) < 4.78 is 18.9. The molecule has 2 aromatic rings. The standard InChI is InChI=1S/C19H17ClFNO4/c1-26-13-5-2-11(3-6-13)10-22-17(23)9-15(19(24)25)18(22)14-8-12(21)4-7-16(14)20/h2-8,15,18H,9-10H2,1H3,(H,24,25). The van der Waals surface area contributed by atoms with Crippen molar-refractivity contribution in [3.05, 3.63) is 64.4 Å². The van der Waals surface area contributed by atoms with E-state index in [1.54, 1.807) is 31.4 Å². The molecule has 3 rings (SSSR count). The lowest BCUT2D eigenvalue weighted by atomic mass is 9.93. The Kier molecular flexibility index (Phi) is 5.13. The predicted molar refractivity (Wildman–Crippen MR) is 93.4 cm³/mol. The van der Waals surface area contributed by atoms with Crippen LogP contribution in [0.3, 0.4) is 0 Å². The van der Waals surface area contributed by atoms with Crippen LogP contribution in [-0.4, -0.2) is 29.0 Å². The van der Waals surface area contributed by atoms with Crippen molar-refractivity contribution in [1.29, 1.82) is 0 Å². The van der Waals surface area contributed by atoms with E-state index in [-0.39, 0.29) is 23.9 Å². The maximum absolute atomic E-state index is 13.7. The van der Waals surface area contributed by atoms with Gasteiger partial charge in [0.25, 0.3) is 0 Å². The summed E-state index contributed by atoms with van der Waals surface area (Å²) in [7, 11) is 1.55. The molecule has 136 valence electrons. The average Bonchev–Trinajstić information content (AvgIpc) is 2.94. The molecule has 0 aromatic heterocycles. The molecule has 2 unspecified atom stereocenters. The first-order valence-corrected chi connectivity index (χ1v) is 8.38. The van der Waals surface area contributed by atoms with Gasteiger partial charge in [-0.2, -0.15) is 0 Å². The molecular formula is C19H17ClFNO4. The molecular weight excluding hydrogens is 361 g/mol. The van der Waals surface area contributed by atoms with Crippen LogP contribution in [0.25, 0.3) is 0 Å². The number of carbonyl (C=O) groups is 2. The molecule has 5 nitrogen and oxygen atoms in total. The number of hydrogen-bond acceptors (Lipinski definition) is 3. The number of benzene rings is 2. The van der Waals surface area contributed by atoms with Crippen LogP contribution in [0, 0.1) is 11.7 Å². The van der Waals surface area contributed by atoms with Crippen molar-refractivity contribution in [3.63, 3.8) is 0 Å². The van der Waals surface area contributed by atoms with E-state index in [1.807, 2.05) is 0 Å². The third-order valence-electron chi connectivity index (χ3n) is 4.54. The van der Waals surface area contributed by atoms with E-state index in [0.717, 1.165) is 5.56 Å². The minimum Gasteiger partial charge on any atom is -0.497 e. The molecule has 1 heterocycles. The number of nitrogens with zero attached hydrogens (tertiary/aromatic N) is 1. The van der Waals surface area contributed by atoms with Gasteiger partial charge in [-0.05, 0) is 41.5 Å². The second kappa shape index (κ2) is 7.33. The van der Waals surface area contributed by atoms with Gasteiger partial charge in [0.1, 0.15) is 11.6 Å².